The van der Waals surface area contributed by atoms with Crippen LogP contribution in [0.3, 0.4) is 0 Å². The maximum absolute atomic E-state index is 14.1. The van der Waals surface area contributed by atoms with Crippen molar-refractivity contribution in [1.82, 2.24) is 9.97 Å². The van der Waals surface area contributed by atoms with E-state index in [1.165, 1.54) is 25.4 Å². The summed E-state index contributed by atoms with van der Waals surface area (Å²) in [4.78, 5) is 34.2. The summed E-state index contributed by atoms with van der Waals surface area (Å²) >= 11 is 0. The first kappa shape index (κ1) is 26.1. The summed E-state index contributed by atoms with van der Waals surface area (Å²) in [6.45, 7) is 1.48. The van der Waals surface area contributed by atoms with E-state index < -0.39 is 17.6 Å². The fourth-order valence-corrected chi connectivity index (χ4v) is 5.18. The Morgan fingerprint density at radius 1 is 1.00 bits per heavy atom. The number of ketones is 2. The molecule has 7 heteroatoms. The van der Waals surface area contributed by atoms with Crippen molar-refractivity contribution in [3.05, 3.63) is 119 Å². The summed E-state index contributed by atoms with van der Waals surface area (Å²) in [5.74, 6) is -1.92. The Bertz CT molecular complexity index is 1590. The van der Waals surface area contributed by atoms with Crippen molar-refractivity contribution in [3.8, 4) is 16.9 Å². The lowest BCUT2D eigenvalue weighted by Crippen LogP contribution is -2.14. The SMILES string of the molecule is CC(=O)c1cccc(-c2cncnc2[C@@H](CC(=O)CC2=CCc3ccc(O)cc32)Cc2cc(F)cc(F)c2)c1. The predicted molar refractivity (Wildman–Crippen MR) is 144 cm³/mol. The maximum atomic E-state index is 14.1. The monoisotopic (exact) mass is 524 g/mol. The number of rotatable bonds is 9. The number of hydrogen-bond donors (Lipinski definition) is 1. The van der Waals surface area contributed by atoms with Gasteiger partial charge in [-0.3, -0.25) is 9.59 Å². The molecule has 1 aliphatic carbocycles. The van der Waals surface area contributed by atoms with E-state index in [2.05, 4.69) is 9.97 Å². The Morgan fingerprint density at radius 3 is 2.56 bits per heavy atom. The molecule has 0 aliphatic heterocycles. The van der Waals surface area contributed by atoms with Crippen molar-refractivity contribution in [1.29, 1.82) is 0 Å². The highest BCUT2D eigenvalue weighted by molar-refractivity contribution is 5.95. The van der Waals surface area contributed by atoms with Crippen LogP contribution in [0.4, 0.5) is 8.78 Å². The van der Waals surface area contributed by atoms with Crippen LogP contribution in [-0.2, 0) is 17.6 Å². The minimum absolute atomic E-state index is 0.0682. The van der Waals surface area contributed by atoms with Crippen LogP contribution in [0.5, 0.6) is 5.75 Å². The maximum Gasteiger partial charge on any atom is 0.159 e. The number of aromatic hydroxyl groups is 1. The molecule has 1 N–H and O–H groups in total. The van der Waals surface area contributed by atoms with Gasteiger partial charge in [0.15, 0.2) is 5.78 Å². The number of phenolic OH excluding ortho intramolecular Hbond substituents is 1. The molecule has 0 bridgehead atoms. The van der Waals surface area contributed by atoms with Crippen LogP contribution in [0.1, 0.15) is 58.4 Å². The first-order valence-corrected chi connectivity index (χ1v) is 12.7. The molecule has 0 unspecified atom stereocenters. The van der Waals surface area contributed by atoms with Gasteiger partial charge in [-0.2, -0.15) is 0 Å². The van der Waals surface area contributed by atoms with Crippen LogP contribution in [0.2, 0.25) is 0 Å². The number of phenols is 1. The molecule has 0 spiro atoms. The van der Waals surface area contributed by atoms with E-state index >= 15 is 0 Å². The van der Waals surface area contributed by atoms with Gasteiger partial charge >= 0.3 is 0 Å². The van der Waals surface area contributed by atoms with E-state index in [9.17, 15) is 23.5 Å². The van der Waals surface area contributed by atoms with Gasteiger partial charge < -0.3 is 5.11 Å². The van der Waals surface area contributed by atoms with Gasteiger partial charge in [0.25, 0.3) is 0 Å². The fourth-order valence-electron chi connectivity index (χ4n) is 5.18. The molecule has 0 saturated carbocycles. The molecule has 1 heterocycles. The second-order valence-corrected chi connectivity index (χ2v) is 9.83. The number of hydrogen-bond acceptors (Lipinski definition) is 5. The molecule has 3 aromatic carbocycles. The Kier molecular flexibility index (Phi) is 7.41. The van der Waals surface area contributed by atoms with E-state index in [1.54, 1.807) is 36.5 Å². The molecular formula is C32H26F2N2O3. The van der Waals surface area contributed by atoms with Crippen molar-refractivity contribution in [2.45, 2.75) is 38.5 Å². The average molecular weight is 525 g/mol. The first-order chi connectivity index (χ1) is 18.8. The second kappa shape index (κ2) is 11.1. The third-order valence-electron chi connectivity index (χ3n) is 6.98. The van der Waals surface area contributed by atoms with Crippen molar-refractivity contribution < 1.29 is 23.5 Å². The van der Waals surface area contributed by atoms with E-state index in [0.29, 0.717) is 34.4 Å². The van der Waals surface area contributed by atoms with Gasteiger partial charge in [0.05, 0.1) is 5.69 Å². The summed E-state index contributed by atoms with van der Waals surface area (Å²) in [6.07, 6.45) is 6.09. The van der Waals surface area contributed by atoms with Crippen LogP contribution in [-0.4, -0.2) is 26.6 Å². The van der Waals surface area contributed by atoms with Gasteiger partial charge in [0, 0.05) is 42.1 Å². The summed E-state index contributed by atoms with van der Waals surface area (Å²) < 4.78 is 28.1. The Hall–Kier alpha value is -4.52. The number of carbonyl (C=O) groups is 2. The molecule has 0 amide bonds. The topological polar surface area (TPSA) is 80.2 Å². The summed E-state index contributed by atoms with van der Waals surface area (Å²) in [5, 5.41) is 9.94. The molecule has 4 aromatic rings. The van der Waals surface area contributed by atoms with Gasteiger partial charge in [-0.15, -0.1) is 0 Å². The smallest absolute Gasteiger partial charge is 0.159 e. The van der Waals surface area contributed by atoms with Crippen LogP contribution in [0.25, 0.3) is 16.7 Å². The lowest BCUT2D eigenvalue weighted by molar-refractivity contribution is -0.118. The molecular weight excluding hydrogens is 498 g/mol. The second-order valence-electron chi connectivity index (χ2n) is 9.83. The summed E-state index contributed by atoms with van der Waals surface area (Å²) in [6, 6.07) is 15.5. The quantitative estimate of drug-likeness (QED) is 0.248. The Labute approximate surface area is 224 Å². The molecule has 1 aliphatic rings. The Morgan fingerprint density at radius 2 is 1.79 bits per heavy atom. The highest BCUT2D eigenvalue weighted by Gasteiger charge is 2.25. The molecule has 1 atom stereocenters. The highest BCUT2D eigenvalue weighted by atomic mass is 19.1. The lowest BCUT2D eigenvalue weighted by atomic mass is 9.85. The van der Waals surface area contributed by atoms with Crippen LogP contribution in [0.15, 0.2) is 79.3 Å². The molecule has 0 radical (unpaired) electrons. The minimum atomic E-state index is -0.695. The number of halogens is 2. The Balaban J connectivity index is 1.49. The van der Waals surface area contributed by atoms with E-state index in [0.717, 1.165) is 22.8 Å². The van der Waals surface area contributed by atoms with Crippen LogP contribution >= 0.6 is 0 Å². The molecule has 5 rings (SSSR count). The first-order valence-electron chi connectivity index (χ1n) is 12.7. The third kappa shape index (κ3) is 5.98. The third-order valence-corrected chi connectivity index (χ3v) is 6.98. The minimum Gasteiger partial charge on any atom is -0.508 e. The molecule has 5 nitrogen and oxygen atoms in total. The largest absolute Gasteiger partial charge is 0.508 e. The normalized spacial score (nSPS) is 13.1. The van der Waals surface area contributed by atoms with Crippen molar-refractivity contribution >= 4 is 17.1 Å². The van der Waals surface area contributed by atoms with Crippen LogP contribution in [0, 0.1) is 11.6 Å². The molecule has 196 valence electrons. The lowest BCUT2D eigenvalue weighted by Gasteiger charge is -2.20. The van der Waals surface area contributed by atoms with Crippen molar-refractivity contribution in [3.63, 3.8) is 0 Å². The van der Waals surface area contributed by atoms with Gasteiger partial charge in [-0.1, -0.05) is 30.3 Å². The van der Waals surface area contributed by atoms with Gasteiger partial charge in [-0.25, -0.2) is 18.7 Å². The predicted octanol–water partition coefficient (Wildman–Crippen LogP) is 6.65. The zero-order chi connectivity index (χ0) is 27.5. The van der Waals surface area contributed by atoms with E-state index in [1.807, 2.05) is 18.2 Å². The average Bonchev–Trinajstić information content (AvgIpc) is 3.29. The molecule has 1 aromatic heterocycles. The summed E-state index contributed by atoms with van der Waals surface area (Å²) in [5.41, 5.74) is 5.59. The van der Waals surface area contributed by atoms with E-state index in [4.69, 9.17) is 0 Å². The van der Waals surface area contributed by atoms with Gasteiger partial charge in [0.2, 0.25) is 0 Å². The zero-order valence-corrected chi connectivity index (χ0v) is 21.3. The number of carbonyl (C=O) groups excluding carboxylic acids is 2. The van der Waals surface area contributed by atoms with Gasteiger partial charge in [-0.05, 0) is 77.9 Å². The molecule has 0 saturated heterocycles. The summed E-state index contributed by atoms with van der Waals surface area (Å²) in [7, 11) is 0. The van der Waals surface area contributed by atoms with E-state index in [-0.39, 0.29) is 36.6 Å². The number of Topliss-reactive ketones (excluding diaryl/α,β-unsaturated/α-hetero) is 2. The number of nitrogens with zero attached hydrogens (tertiary/aromatic N) is 2. The van der Waals surface area contributed by atoms with Crippen LogP contribution < -0.4 is 0 Å². The van der Waals surface area contributed by atoms with Crippen molar-refractivity contribution in [2.24, 2.45) is 0 Å². The number of allylic oxidation sites excluding steroid dienone is 2. The number of benzene rings is 3. The highest BCUT2D eigenvalue weighted by Crippen LogP contribution is 2.36. The molecule has 39 heavy (non-hydrogen) atoms. The number of fused-ring (bicyclic) bond motifs is 1. The fraction of sp³-hybridized carbons (Fsp3) is 0.188. The number of aromatic nitrogens is 2. The van der Waals surface area contributed by atoms with Gasteiger partial charge in [0.1, 0.15) is 29.5 Å². The molecule has 0 fully saturated rings. The zero-order valence-electron chi connectivity index (χ0n) is 21.3. The standard InChI is InChI=1S/C32H26F2N2O3/c1-19(37)22-3-2-4-23(12-22)31-17-35-18-36-32(31)25(9-20-10-26(33)15-27(34)11-20)14-29(39)13-24-6-5-21-7-8-28(38)16-30(21)24/h2-4,6-8,10-12,15-18,25,38H,5,9,13-14H2,1H3/t25-/m1/s1. The van der Waals surface area contributed by atoms with Crippen molar-refractivity contribution in [2.75, 3.05) is 0 Å².